The molecule has 7 heteroatoms. The normalized spacial score (nSPS) is 12.9. The first kappa shape index (κ1) is 34.9. The van der Waals surface area contributed by atoms with Gasteiger partial charge < -0.3 is 24.4 Å². The van der Waals surface area contributed by atoms with Crippen molar-refractivity contribution in [2.24, 2.45) is 0 Å². The molecule has 1 aliphatic rings. The molecule has 0 aliphatic carbocycles. The highest BCUT2D eigenvalue weighted by Crippen LogP contribution is 2.34. The fourth-order valence-electron chi connectivity index (χ4n) is 4.90. The molecule has 45 heavy (non-hydrogen) atoms. The quantitative estimate of drug-likeness (QED) is 0.159. The smallest absolute Gasteiger partial charge is 0.308 e. The van der Waals surface area contributed by atoms with Crippen LogP contribution < -0.4 is 19.5 Å². The van der Waals surface area contributed by atoms with Crippen molar-refractivity contribution in [2.45, 2.75) is 53.6 Å². The summed E-state index contributed by atoms with van der Waals surface area (Å²) in [6.45, 7) is 11.5. The summed E-state index contributed by atoms with van der Waals surface area (Å²) in [6.07, 6.45) is 2.36. The van der Waals surface area contributed by atoms with E-state index in [9.17, 15) is 9.59 Å². The maximum atomic E-state index is 13.2. The van der Waals surface area contributed by atoms with Gasteiger partial charge in [0.25, 0.3) is 5.91 Å². The number of hydrogen-bond donors (Lipinski definition) is 1. The van der Waals surface area contributed by atoms with E-state index in [0.29, 0.717) is 28.3 Å². The fourth-order valence-corrected chi connectivity index (χ4v) is 4.90. The van der Waals surface area contributed by atoms with Gasteiger partial charge in [0.05, 0.1) is 7.11 Å². The first-order valence-corrected chi connectivity index (χ1v) is 15.7. The molecule has 5 rings (SSSR count). The van der Waals surface area contributed by atoms with Crippen molar-refractivity contribution in [3.05, 3.63) is 96.6 Å². The van der Waals surface area contributed by atoms with Gasteiger partial charge in [0.2, 0.25) is 0 Å². The predicted molar refractivity (Wildman–Crippen MR) is 183 cm³/mol. The lowest BCUT2D eigenvalue weighted by atomic mass is 10.0. The number of anilines is 1. The molecule has 1 heterocycles. The first-order valence-electron chi connectivity index (χ1n) is 15.7. The minimum atomic E-state index is -0.439. The minimum absolute atomic E-state index is 0.268. The second kappa shape index (κ2) is 17.6. The maximum Gasteiger partial charge on any atom is 0.308 e. The Hall–Kier alpha value is -4.62. The van der Waals surface area contributed by atoms with Gasteiger partial charge >= 0.3 is 5.97 Å². The highest BCUT2D eigenvalue weighted by molar-refractivity contribution is 6.05. The molecule has 0 bridgehead atoms. The highest BCUT2D eigenvalue weighted by Gasteiger charge is 2.18. The molecule has 0 aromatic heterocycles. The average Bonchev–Trinajstić information content (AvgIpc) is 3.08. The van der Waals surface area contributed by atoms with Crippen molar-refractivity contribution in [3.63, 3.8) is 0 Å². The minimum Gasteiger partial charge on any atom is -0.497 e. The van der Waals surface area contributed by atoms with Crippen LogP contribution in [0.3, 0.4) is 0 Å². The van der Waals surface area contributed by atoms with Gasteiger partial charge in [-0.3, -0.25) is 9.59 Å². The largest absolute Gasteiger partial charge is 0.497 e. The number of amides is 1. The Labute approximate surface area is 268 Å². The first-order chi connectivity index (χ1) is 21.9. The molecule has 0 spiro atoms. The third-order valence-electron chi connectivity index (χ3n) is 7.17. The van der Waals surface area contributed by atoms with E-state index in [1.165, 1.54) is 6.92 Å². The molecule has 1 saturated heterocycles. The molecule has 238 valence electrons. The third-order valence-corrected chi connectivity index (χ3v) is 7.17. The van der Waals surface area contributed by atoms with Crippen LogP contribution in [0.4, 0.5) is 5.69 Å². The van der Waals surface area contributed by atoms with Gasteiger partial charge in [-0.25, -0.2) is 0 Å². The van der Waals surface area contributed by atoms with Crippen LogP contribution in [0.5, 0.6) is 17.2 Å². The number of rotatable bonds is 8. The van der Waals surface area contributed by atoms with Gasteiger partial charge in [-0.1, -0.05) is 64.1 Å². The summed E-state index contributed by atoms with van der Waals surface area (Å²) < 4.78 is 16.9. The van der Waals surface area contributed by atoms with Crippen LogP contribution >= 0.6 is 0 Å². The van der Waals surface area contributed by atoms with Crippen molar-refractivity contribution in [2.75, 3.05) is 32.6 Å². The van der Waals surface area contributed by atoms with Crippen LogP contribution in [0, 0.1) is 0 Å². The van der Waals surface area contributed by atoms with Crippen LogP contribution in [0.15, 0.2) is 91.0 Å². The van der Waals surface area contributed by atoms with E-state index in [1.807, 2.05) is 88.4 Å². The number of nitrogens with one attached hydrogen (secondary N) is 1. The van der Waals surface area contributed by atoms with Crippen molar-refractivity contribution in [1.82, 2.24) is 4.90 Å². The Morgan fingerprint density at radius 3 is 1.98 bits per heavy atom. The number of benzene rings is 4. The second-order valence-corrected chi connectivity index (χ2v) is 10.2. The zero-order chi connectivity index (χ0) is 32.8. The highest BCUT2D eigenvalue weighted by atomic mass is 16.5. The number of nitrogens with zero attached hydrogens (tertiary/aromatic N) is 1. The molecule has 0 atom stereocenters. The van der Waals surface area contributed by atoms with Crippen molar-refractivity contribution in [1.29, 1.82) is 0 Å². The summed E-state index contributed by atoms with van der Waals surface area (Å²) in [5, 5.41) is 2.96. The van der Waals surface area contributed by atoms with Crippen LogP contribution in [-0.2, 0) is 4.79 Å². The number of esters is 1. The maximum absolute atomic E-state index is 13.2. The summed E-state index contributed by atoms with van der Waals surface area (Å²) in [5.41, 5.74) is 4.60. The monoisotopic (exact) mass is 610 g/mol. The van der Waals surface area contributed by atoms with Crippen molar-refractivity contribution in [3.8, 4) is 39.5 Å². The van der Waals surface area contributed by atoms with Crippen LogP contribution in [0.1, 0.15) is 57.8 Å². The van der Waals surface area contributed by atoms with E-state index in [2.05, 4.69) is 29.4 Å². The number of likely N-dealkylation sites (tertiary alicyclic amines) is 1. The summed E-state index contributed by atoms with van der Waals surface area (Å²) in [5.74, 6) is 1.21. The van der Waals surface area contributed by atoms with Gasteiger partial charge in [-0.05, 0) is 91.2 Å². The predicted octanol–water partition coefficient (Wildman–Crippen LogP) is 8.73. The molecule has 1 N–H and O–H groups in total. The summed E-state index contributed by atoms with van der Waals surface area (Å²) in [4.78, 5) is 27.2. The van der Waals surface area contributed by atoms with Gasteiger partial charge in [-0.15, -0.1) is 0 Å². The van der Waals surface area contributed by atoms with E-state index < -0.39 is 5.97 Å². The van der Waals surface area contributed by atoms with E-state index in [4.69, 9.17) is 14.2 Å². The lowest BCUT2D eigenvalue weighted by Crippen LogP contribution is -2.35. The van der Waals surface area contributed by atoms with Crippen LogP contribution in [-0.4, -0.2) is 50.1 Å². The van der Waals surface area contributed by atoms with Crippen molar-refractivity contribution >= 4 is 17.6 Å². The van der Waals surface area contributed by atoms with Gasteiger partial charge in [0.15, 0.2) is 0 Å². The Balaban J connectivity index is 0.00000133. The number of piperidine rings is 1. The summed E-state index contributed by atoms with van der Waals surface area (Å²) in [6, 6.07) is 28.2. The molecule has 1 amide bonds. The molecule has 4 aromatic carbocycles. The molecule has 4 aromatic rings. The zero-order valence-electron chi connectivity index (χ0n) is 27.6. The number of carbonyl (C=O) groups is 2. The van der Waals surface area contributed by atoms with E-state index in [0.717, 1.165) is 48.4 Å². The number of carbonyl (C=O) groups excluding carboxylic acids is 2. The van der Waals surface area contributed by atoms with E-state index in [1.54, 1.807) is 25.3 Å². The lowest BCUT2D eigenvalue weighted by molar-refractivity contribution is -0.131. The molecule has 1 fully saturated rings. The average molecular weight is 611 g/mol. The number of methoxy groups -OCH3 is 1. The lowest BCUT2D eigenvalue weighted by Gasteiger charge is -2.29. The molecular weight excluding hydrogens is 564 g/mol. The standard InChI is InChI=1S/C34H34N2O5.2C2H6/c1-23(37)40-33-16-11-27(22-32(33)26-5-4-6-31(21-26)39-3)34(38)35-28-12-7-24(8-13-28)25-9-14-29(15-10-25)41-30-17-19-36(2)20-18-30;2*1-2/h4-16,21-22,30H,17-20H2,1-3H3,(H,35,38);2*1-2H3. The topological polar surface area (TPSA) is 77.1 Å². The molecule has 0 radical (unpaired) electrons. The molecule has 1 aliphatic heterocycles. The number of ether oxygens (including phenoxy) is 3. The van der Waals surface area contributed by atoms with E-state index >= 15 is 0 Å². The van der Waals surface area contributed by atoms with E-state index in [-0.39, 0.29) is 12.0 Å². The van der Waals surface area contributed by atoms with Crippen LogP contribution in [0.25, 0.3) is 22.3 Å². The zero-order valence-corrected chi connectivity index (χ0v) is 27.6. The van der Waals surface area contributed by atoms with Crippen molar-refractivity contribution < 1.29 is 23.8 Å². The third kappa shape index (κ3) is 9.95. The Kier molecular flexibility index (Phi) is 13.7. The van der Waals surface area contributed by atoms with Gasteiger partial charge in [0, 0.05) is 36.8 Å². The van der Waals surface area contributed by atoms with Gasteiger partial charge in [0.1, 0.15) is 23.4 Å². The Morgan fingerprint density at radius 2 is 1.38 bits per heavy atom. The molecule has 0 saturated carbocycles. The molecule has 7 nitrogen and oxygen atoms in total. The fraction of sp³-hybridized carbons (Fsp3) is 0.316. The summed E-state index contributed by atoms with van der Waals surface area (Å²) >= 11 is 0. The Bertz CT molecular complexity index is 1510. The molecular formula is C38H46N2O5. The second-order valence-electron chi connectivity index (χ2n) is 10.2. The SMILES string of the molecule is CC.CC.COc1cccc(-c2cc(C(=O)Nc3ccc(-c4ccc(OC5CCN(C)CC5)cc4)cc3)ccc2OC(C)=O)c1. The summed E-state index contributed by atoms with van der Waals surface area (Å²) in [7, 11) is 3.73. The Morgan fingerprint density at radius 1 is 0.756 bits per heavy atom. The van der Waals surface area contributed by atoms with Crippen LogP contribution in [0.2, 0.25) is 0 Å². The molecule has 0 unspecified atom stereocenters. The number of hydrogen-bond acceptors (Lipinski definition) is 6. The van der Waals surface area contributed by atoms with Gasteiger partial charge in [-0.2, -0.15) is 0 Å².